The van der Waals surface area contributed by atoms with Gasteiger partial charge in [0.1, 0.15) is 5.58 Å². The van der Waals surface area contributed by atoms with Crippen LogP contribution in [0.2, 0.25) is 5.02 Å². The molecule has 0 atom stereocenters. The van der Waals surface area contributed by atoms with Crippen molar-refractivity contribution in [2.75, 3.05) is 5.32 Å². The number of amides is 1. The molecule has 0 unspecified atom stereocenters. The molecule has 0 aliphatic carbocycles. The van der Waals surface area contributed by atoms with E-state index in [0.717, 1.165) is 16.6 Å². The molecule has 4 rings (SSSR count). The molecule has 24 heavy (non-hydrogen) atoms. The van der Waals surface area contributed by atoms with Crippen LogP contribution in [0.5, 0.6) is 0 Å². The molecule has 0 spiro atoms. The van der Waals surface area contributed by atoms with E-state index in [1.807, 2.05) is 35.7 Å². The summed E-state index contributed by atoms with van der Waals surface area (Å²) in [6.45, 7) is 0. The van der Waals surface area contributed by atoms with Crippen LogP contribution < -0.4 is 5.32 Å². The number of rotatable bonds is 3. The lowest BCUT2D eigenvalue weighted by atomic mass is 10.2. The van der Waals surface area contributed by atoms with Gasteiger partial charge >= 0.3 is 0 Å². The lowest BCUT2D eigenvalue weighted by Gasteiger charge is -1.98. The van der Waals surface area contributed by atoms with Crippen LogP contribution in [-0.2, 0) is 0 Å². The standard InChI is InChI=1S/C18H11ClN2O2S/c19-13-6-7-15-12(8-13)9-16(23-15)17(22)21-18-20-14(10-24-18)11-4-2-1-3-5-11/h1-10H,(H,20,21,22). The number of fused-ring (bicyclic) bond motifs is 1. The molecule has 2 aromatic heterocycles. The highest BCUT2D eigenvalue weighted by atomic mass is 35.5. The van der Waals surface area contributed by atoms with Crippen LogP contribution in [0.25, 0.3) is 22.2 Å². The first-order valence-corrected chi connectivity index (χ1v) is 8.46. The molecule has 0 fully saturated rings. The molecule has 4 nitrogen and oxygen atoms in total. The van der Waals surface area contributed by atoms with Crippen LogP contribution >= 0.6 is 22.9 Å². The second-order valence-corrected chi connectivity index (χ2v) is 6.45. The van der Waals surface area contributed by atoms with Crippen molar-refractivity contribution in [3.8, 4) is 11.3 Å². The van der Waals surface area contributed by atoms with Gasteiger partial charge in [-0.25, -0.2) is 4.98 Å². The van der Waals surface area contributed by atoms with Gasteiger partial charge in [0.25, 0.3) is 5.91 Å². The van der Waals surface area contributed by atoms with Crippen molar-refractivity contribution in [2.24, 2.45) is 0 Å². The van der Waals surface area contributed by atoms with Crippen LogP contribution in [0.1, 0.15) is 10.6 Å². The van der Waals surface area contributed by atoms with Gasteiger partial charge in [0.15, 0.2) is 10.9 Å². The van der Waals surface area contributed by atoms with Crippen molar-refractivity contribution >= 4 is 44.9 Å². The van der Waals surface area contributed by atoms with Crippen molar-refractivity contribution in [3.63, 3.8) is 0 Å². The molecule has 2 heterocycles. The van der Waals surface area contributed by atoms with E-state index >= 15 is 0 Å². The summed E-state index contributed by atoms with van der Waals surface area (Å²) in [5.41, 5.74) is 2.45. The summed E-state index contributed by atoms with van der Waals surface area (Å²) >= 11 is 7.32. The zero-order chi connectivity index (χ0) is 16.5. The van der Waals surface area contributed by atoms with E-state index in [1.54, 1.807) is 24.3 Å². The summed E-state index contributed by atoms with van der Waals surface area (Å²) in [5, 5.41) is 6.59. The molecular formula is C18H11ClN2O2S. The molecule has 6 heteroatoms. The van der Waals surface area contributed by atoms with Crippen LogP contribution in [0.15, 0.2) is 64.4 Å². The molecule has 0 aliphatic rings. The Labute approximate surface area is 146 Å². The van der Waals surface area contributed by atoms with Gasteiger partial charge in [-0.3, -0.25) is 10.1 Å². The summed E-state index contributed by atoms with van der Waals surface area (Å²) in [4.78, 5) is 16.8. The maximum atomic E-state index is 12.3. The van der Waals surface area contributed by atoms with E-state index in [9.17, 15) is 4.79 Å². The topological polar surface area (TPSA) is 55.1 Å². The largest absolute Gasteiger partial charge is 0.451 e. The number of thiazole rings is 1. The third-order valence-electron chi connectivity index (χ3n) is 3.50. The molecule has 0 radical (unpaired) electrons. The summed E-state index contributed by atoms with van der Waals surface area (Å²) in [6, 6.07) is 16.7. The molecule has 118 valence electrons. The van der Waals surface area contributed by atoms with E-state index in [1.165, 1.54) is 11.3 Å². The highest BCUT2D eigenvalue weighted by molar-refractivity contribution is 7.14. The minimum atomic E-state index is -0.337. The molecule has 2 aromatic carbocycles. The monoisotopic (exact) mass is 354 g/mol. The zero-order valence-electron chi connectivity index (χ0n) is 12.3. The fourth-order valence-corrected chi connectivity index (χ4v) is 3.25. The van der Waals surface area contributed by atoms with Crippen molar-refractivity contribution in [1.82, 2.24) is 4.98 Å². The minimum Gasteiger partial charge on any atom is -0.451 e. The number of benzene rings is 2. The minimum absolute atomic E-state index is 0.226. The Morgan fingerprint density at radius 2 is 1.96 bits per heavy atom. The van der Waals surface area contributed by atoms with Gasteiger partial charge < -0.3 is 4.42 Å². The predicted molar refractivity (Wildman–Crippen MR) is 96.7 cm³/mol. The Morgan fingerprint density at radius 1 is 1.12 bits per heavy atom. The lowest BCUT2D eigenvalue weighted by Crippen LogP contribution is -2.10. The Morgan fingerprint density at radius 3 is 2.79 bits per heavy atom. The molecular weight excluding hydrogens is 344 g/mol. The summed E-state index contributed by atoms with van der Waals surface area (Å²) in [6.07, 6.45) is 0. The van der Waals surface area contributed by atoms with E-state index in [4.69, 9.17) is 16.0 Å². The number of halogens is 1. The van der Waals surface area contributed by atoms with Gasteiger partial charge in [-0.1, -0.05) is 41.9 Å². The second kappa shape index (κ2) is 6.11. The third kappa shape index (κ3) is 2.91. The van der Waals surface area contributed by atoms with Gasteiger partial charge in [0, 0.05) is 21.4 Å². The van der Waals surface area contributed by atoms with E-state index in [-0.39, 0.29) is 11.7 Å². The Hall–Kier alpha value is -2.63. The summed E-state index contributed by atoms with van der Waals surface area (Å²) in [5.74, 6) is -0.111. The van der Waals surface area contributed by atoms with Crippen LogP contribution in [0, 0.1) is 0 Å². The van der Waals surface area contributed by atoms with Crippen LogP contribution in [-0.4, -0.2) is 10.9 Å². The first-order chi connectivity index (χ1) is 11.7. The number of hydrogen-bond donors (Lipinski definition) is 1. The highest BCUT2D eigenvalue weighted by Crippen LogP contribution is 2.26. The average Bonchev–Trinajstić information content (AvgIpc) is 3.22. The molecule has 4 aromatic rings. The quantitative estimate of drug-likeness (QED) is 0.531. The number of hydrogen-bond acceptors (Lipinski definition) is 4. The van der Waals surface area contributed by atoms with Crippen molar-refractivity contribution in [1.29, 1.82) is 0 Å². The average molecular weight is 355 g/mol. The van der Waals surface area contributed by atoms with Crippen molar-refractivity contribution < 1.29 is 9.21 Å². The Bertz CT molecular complexity index is 1020. The number of nitrogens with zero attached hydrogens (tertiary/aromatic N) is 1. The smallest absolute Gasteiger partial charge is 0.293 e. The van der Waals surface area contributed by atoms with Crippen LogP contribution in [0.3, 0.4) is 0 Å². The fourth-order valence-electron chi connectivity index (χ4n) is 2.36. The van der Waals surface area contributed by atoms with Gasteiger partial charge in [-0.15, -0.1) is 11.3 Å². The van der Waals surface area contributed by atoms with Gasteiger partial charge in [-0.2, -0.15) is 0 Å². The highest BCUT2D eigenvalue weighted by Gasteiger charge is 2.14. The maximum Gasteiger partial charge on any atom is 0.293 e. The van der Waals surface area contributed by atoms with E-state index in [2.05, 4.69) is 10.3 Å². The van der Waals surface area contributed by atoms with Gasteiger partial charge in [0.2, 0.25) is 0 Å². The van der Waals surface area contributed by atoms with Crippen LogP contribution in [0.4, 0.5) is 5.13 Å². The summed E-state index contributed by atoms with van der Waals surface area (Å²) < 4.78 is 5.55. The SMILES string of the molecule is O=C(Nc1nc(-c2ccccc2)cs1)c1cc2cc(Cl)ccc2o1. The Kier molecular flexibility index (Phi) is 3.80. The number of furan rings is 1. The van der Waals surface area contributed by atoms with Crippen molar-refractivity contribution in [2.45, 2.75) is 0 Å². The Balaban J connectivity index is 1.56. The van der Waals surface area contributed by atoms with Gasteiger partial charge in [-0.05, 0) is 24.3 Å². The first-order valence-electron chi connectivity index (χ1n) is 7.20. The first kappa shape index (κ1) is 14.9. The molecule has 0 aliphatic heterocycles. The molecule has 0 saturated carbocycles. The number of anilines is 1. The molecule has 1 N–H and O–H groups in total. The second-order valence-electron chi connectivity index (χ2n) is 5.15. The number of carbonyl (C=O) groups excluding carboxylic acids is 1. The van der Waals surface area contributed by atoms with Gasteiger partial charge in [0.05, 0.1) is 5.69 Å². The number of carbonyl (C=O) groups is 1. The molecule has 0 bridgehead atoms. The predicted octanol–water partition coefficient (Wildman–Crippen LogP) is 5.46. The number of aromatic nitrogens is 1. The normalized spacial score (nSPS) is 10.9. The molecule has 0 saturated heterocycles. The maximum absolute atomic E-state index is 12.3. The van der Waals surface area contributed by atoms with E-state index in [0.29, 0.717) is 15.7 Å². The molecule has 1 amide bonds. The fraction of sp³-hybridized carbons (Fsp3) is 0. The summed E-state index contributed by atoms with van der Waals surface area (Å²) in [7, 11) is 0. The third-order valence-corrected chi connectivity index (χ3v) is 4.49. The van der Waals surface area contributed by atoms with E-state index < -0.39 is 0 Å². The van der Waals surface area contributed by atoms with Crippen molar-refractivity contribution in [3.05, 3.63) is 70.8 Å². The number of nitrogens with one attached hydrogen (secondary N) is 1. The lowest BCUT2D eigenvalue weighted by molar-refractivity contribution is 0.0998. The zero-order valence-corrected chi connectivity index (χ0v) is 13.9.